The fourth-order valence-corrected chi connectivity index (χ4v) is 2.24. The topological polar surface area (TPSA) is 35.0 Å². The Kier molecular flexibility index (Phi) is 2.88. The van der Waals surface area contributed by atoms with Crippen LogP contribution in [0, 0.1) is 6.92 Å². The molecule has 0 fully saturated rings. The molecule has 0 aliphatic rings. The van der Waals surface area contributed by atoms with Crippen molar-refractivity contribution in [2.45, 2.75) is 6.92 Å². The van der Waals surface area contributed by atoms with Crippen molar-refractivity contribution >= 4 is 10.9 Å². The van der Waals surface area contributed by atoms with E-state index < -0.39 is 0 Å². The molecule has 0 saturated heterocycles. The summed E-state index contributed by atoms with van der Waals surface area (Å²) in [4.78, 5) is 8.79. The van der Waals surface area contributed by atoms with Crippen molar-refractivity contribution in [3.05, 3.63) is 54.4 Å². The Bertz CT molecular complexity index is 738. The fraction of sp³-hybridized carbons (Fsp3) is 0.125. The van der Waals surface area contributed by atoms with Gasteiger partial charge >= 0.3 is 0 Å². The van der Waals surface area contributed by atoms with E-state index in [9.17, 15) is 0 Å². The van der Waals surface area contributed by atoms with Crippen LogP contribution < -0.4 is 4.74 Å². The smallest absolute Gasteiger partial charge is 0.119 e. The highest BCUT2D eigenvalue weighted by molar-refractivity contribution is 5.93. The molecule has 0 radical (unpaired) electrons. The molecular formula is C16H14N2O. The minimum absolute atomic E-state index is 0.830. The molecule has 2 aromatic carbocycles. The summed E-state index contributed by atoms with van der Waals surface area (Å²) in [5, 5.41) is 1.07. The van der Waals surface area contributed by atoms with E-state index in [2.05, 4.69) is 29.0 Å². The largest absolute Gasteiger partial charge is 0.497 e. The van der Waals surface area contributed by atoms with Crippen LogP contribution in [-0.2, 0) is 0 Å². The Morgan fingerprint density at radius 2 is 1.84 bits per heavy atom. The summed E-state index contributed by atoms with van der Waals surface area (Å²) < 4.78 is 5.27. The lowest BCUT2D eigenvalue weighted by molar-refractivity contribution is 0.415. The molecule has 1 heterocycles. The number of rotatable bonds is 2. The van der Waals surface area contributed by atoms with Crippen LogP contribution >= 0.6 is 0 Å². The third-order valence-electron chi connectivity index (χ3n) is 3.21. The van der Waals surface area contributed by atoms with Crippen LogP contribution in [0.5, 0.6) is 5.75 Å². The third-order valence-corrected chi connectivity index (χ3v) is 3.21. The zero-order chi connectivity index (χ0) is 13.2. The summed E-state index contributed by atoms with van der Waals surface area (Å²) in [6, 6.07) is 14.1. The van der Waals surface area contributed by atoms with Crippen LogP contribution in [0.3, 0.4) is 0 Å². The summed E-state index contributed by atoms with van der Waals surface area (Å²) >= 11 is 0. The number of hydrogen-bond acceptors (Lipinski definition) is 3. The van der Waals surface area contributed by atoms with E-state index >= 15 is 0 Å². The number of aryl methyl sites for hydroxylation is 1. The molecule has 3 aromatic rings. The van der Waals surface area contributed by atoms with E-state index in [1.165, 1.54) is 0 Å². The Labute approximate surface area is 111 Å². The van der Waals surface area contributed by atoms with Gasteiger partial charge in [-0.05, 0) is 24.6 Å². The highest BCUT2D eigenvalue weighted by Crippen LogP contribution is 2.28. The van der Waals surface area contributed by atoms with Gasteiger partial charge in [-0.15, -0.1) is 0 Å². The Morgan fingerprint density at radius 3 is 2.68 bits per heavy atom. The summed E-state index contributed by atoms with van der Waals surface area (Å²) in [6.07, 6.45) is 1.62. The highest BCUT2D eigenvalue weighted by atomic mass is 16.5. The minimum Gasteiger partial charge on any atom is -0.497 e. The maximum atomic E-state index is 5.27. The molecule has 1 aromatic heterocycles. The third kappa shape index (κ3) is 2.03. The van der Waals surface area contributed by atoms with Crippen molar-refractivity contribution in [3.8, 4) is 17.0 Å². The monoisotopic (exact) mass is 250 g/mol. The van der Waals surface area contributed by atoms with Gasteiger partial charge in [-0.3, -0.25) is 0 Å². The van der Waals surface area contributed by atoms with Crippen LogP contribution in [-0.4, -0.2) is 17.1 Å². The fourth-order valence-electron chi connectivity index (χ4n) is 2.24. The van der Waals surface area contributed by atoms with Crippen LogP contribution in [0.1, 0.15) is 5.56 Å². The first-order valence-corrected chi connectivity index (χ1v) is 6.14. The molecule has 0 saturated carbocycles. The number of para-hydroxylation sites is 1. The van der Waals surface area contributed by atoms with Crippen LogP contribution in [0.15, 0.2) is 48.8 Å². The second-order valence-corrected chi connectivity index (χ2v) is 4.43. The maximum Gasteiger partial charge on any atom is 0.119 e. The molecule has 19 heavy (non-hydrogen) atoms. The summed E-state index contributed by atoms with van der Waals surface area (Å²) in [7, 11) is 1.67. The highest BCUT2D eigenvalue weighted by Gasteiger charge is 2.08. The van der Waals surface area contributed by atoms with Gasteiger partial charge in [-0.25, -0.2) is 9.97 Å². The normalized spacial score (nSPS) is 10.6. The van der Waals surface area contributed by atoms with Gasteiger partial charge in [-0.2, -0.15) is 0 Å². The predicted octanol–water partition coefficient (Wildman–Crippen LogP) is 3.61. The van der Waals surface area contributed by atoms with Gasteiger partial charge < -0.3 is 4.74 Å². The molecule has 94 valence electrons. The zero-order valence-corrected chi connectivity index (χ0v) is 10.9. The average molecular weight is 250 g/mol. The zero-order valence-electron chi connectivity index (χ0n) is 10.9. The molecule has 0 unspecified atom stereocenters. The summed E-state index contributed by atoms with van der Waals surface area (Å²) in [5.41, 5.74) is 4.13. The molecule has 0 bridgehead atoms. The first kappa shape index (κ1) is 11.7. The van der Waals surface area contributed by atoms with E-state index in [1.54, 1.807) is 13.4 Å². The standard InChI is InChI=1S/C16H14N2O/c1-11-5-3-8-14-15(11)17-10-18-16(14)12-6-4-7-13(9-12)19-2/h3-10H,1-2H3. The molecular weight excluding hydrogens is 236 g/mol. The molecule has 0 spiro atoms. The van der Waals surface area contributed by atoms with Crippen LogP contribution in [0.4, 0.5) is 0 Å². The second kappa shape index (κ2) is 4.69. The average Bonchev–Trinajstić information content (AvgIpc) is 2.47. The number of ether oxygens (including phenoxy) is 1. The predicted molar refractivity (Wildman–Crippen MR) is 76.3 cm³/mol. The maximum absolute atomic E-state index is 5.27. The van der Waals surface area contributed by atoms with Crippen LogP contribution in [0.2, 0.25) is 0 Å². The number of hydrogen-bond donors (Lipinski definition) is 0. The quantitative estimate of drug-likeness (QED) is 0.696. The van der Waals surface area contributed by atoms with E-state index in [0.29, 0.717) is 0 Å². The van der Waals surface area contributed by atoms with E-state index in [4.69, 9.17) is 4.74 Å². The van der Waals surface area contributed by atoms with Crippen molar-refractivity contribution in [2.75, 3.05) is 7.11 Å². The first-order chi connectivity index (χ1) is 9.29. The number of aromatic nitrogens is 2. The van der Waals surface area contributed by atoms with Gasteiger partial charge in [-0.1, -0.05) is 30.3 Å². The Morgan fingerprint density at radius 1 is 1.00 bits per heavy atom. The number of benzene rings is 2. The number of nitrogens with zero attached hydrogens (tertiary/aromatic N) is 2. The minimum atomic E-state index is 0.830. The first-order valence-electron chi connectivity index (χ1n) is 6.14. The summed E-state index contributed by atoms with van der Waals surface area (Å²) in [6.45, 7) is 2.06. The Hall–Kier alpha value is -2.42. The van der Waals surface area contributed by atoms with Crippen molar-refractivity contribution in [3.63, 3.8) is 0 Å². The molecule has 3 rings (SSSR count). The molecule has 0 N–H and O–H groups in total. The van der Waals surface area contributed by atoms with E-state index in [-0.39, 0.29) is 0 Å². The molecule has 0 amide bonds. The van der Waals surface area contributed by atoms with E-state index in [1.807, 2.05) is 30.3 Å². The van der Waals surface area contributed by atoms with Gasteiger partial charge in [0.05, 0.1) is 18.3 Å². The van der Waals surface area contributed by atoms with Gasteiger partial charge in [0.1, 0.15) is 12.1 Å². The second-order valence-electron chi connectivity index (χ2n) is 4.43. The van der Waals surface area contributed by atoms with Gasteiger partial charge in [0.15, 0.2) is 0 Å². The molecule has 3 nitrogen and oxygen atoms in total. The van der Waals surface area contributed by atoms with Gasteiger partial charge in [0.2, 0.25) is 0 Å². The number of methoxy groups -OCH3 is 1. The van der Waals surface area contributed by atoms with Gasteiger partial charge in [0, 0.05) is 10.9 Å². The molecule has 0 atom stereocenters. The van der Waals surface area contributed by atoms with Crippen molar-refractivity contribution in [2.24, 2.45) is 0 Å². The van der Waals surface area contributed by atoms with Crippen molar-refractivity contribution in [1.82, 2.24) is 9.97 Å². The van der Waals surface area contributed by atoms with Crippen molar-refractivity contribution in [1.29, 1.82) is 0 Å². The van der Waals surface area contributed by atoms with Gasteiger partial charge in [0.25, 0.3) is 0 Å². The summed E-state index contributed by atoms with van der Waals surface area (Å²) in [5.74, 6) is 0.830. The lowest BCUT2D eigenvalue weighted by Crippen LogP contribution is -1.91. The van der Waals surface area contributed by atoms with Crippen LogP contribution in [0.25, 0.3) is 22.2 Å². The number of fused-ring (bicyclic) bond motifs is 1. The SMILES string of the molecule is COc1cccc(-c2ncnc3c(C)cccc23)c1. The molecule has 0 aliphatic carbocycles. The lowest BCUT2D eigenvalue weighted by atomic mass is 10.0. The molecule has 0 aliphatic heterocycles. The Balaban J connectivity index is 2.27. The van der Waals surface area contributed by atoms with E-state index in [0.717, 1.165) is 33.5 Å². The lowest BCUT2D eigenvalue weighted by Gasteiger charge is -2.08. The van der Waals surface area contributed by atoms with Crippen molar-refractivity contribution < 1.29 is 4.74 Å². The molecule has 3 heteroatoms.